The largest absolute Gasteiger partial charge is 0.490 e. The second-order valence-electron chi connectivity index (χ2n) is 8.57. The molecule has 2 aromatic carbocycles. The number of hydrogen-bond acceptors (Lipinski definition) is 7. The van der Waals surface area contributed by atoms with Gasteiger partial charge in [0.25, 0.3) is 0 Å². The molecule has 1 fully saturated rings. The number of carbonyl (C=O) groups excluding carboxylic acids is 1. The van der Waals surface area contributed by atoms with Gasteiger partial charge in [-0.25, -0.2) is 4.98 Å². The Morgan fingerprint density at radius 1 is 1.08 bits per heavy atom. The number of ether oxygens (including phenoxy) is 1. The number of hydrogen-bond donors (Lipinski definition) is 1. The predicted octanol–water partition coefficient (Wildman–Crippen LogP) is 5.48. The topological polar surface area (TPSA) is 116 Å². The number of thioether (sulfide) groups is 1. The van der Waals surface area contributed by atoms with E-state index in [1.165, 1.54) is 11.8 Å². The lowest BCUT2D eigenvalue weighted by molar-refractivity contribution is -0.131. The van der Waals surface area contributed by atoms with Crippen molar-refractivity contribution in [3.63, 3.8) is 0 Å². The van der Waals surface area contributed by atoms with Crippen molar-refractivity contribution in [2.75, 3.05) is 25.4 Å². The van der Waals surface area contributed by atoms with E-state index in [0.717, 1.165) is 24.8 Å². The zero-order valence-electron chi connectivity index (χ0n) is 20.4. The molecular formula is C29H27N5O2S. The van der Waals surface area contributed by atoms with Crippen LogP contribution in [0.2, 0.25) is 0 Å². The molecule has 1 aromatic heterocycles. The molecule has 7 nitrogen and oxygen atoms in total. The number of nitrogens with two attached hydrogens (primary N) is 1. The minimum absolute atomic E-state index is 0.0169. The first-order valence-corrected chi connectivity index (χ1v) is 12.9. The number of nitrogens with zero attached hydrogens (tertiary/aromatic N) is 4. The van der Waals surface area contributed by atoms with Gasteiger partial charge in [0.1, 0.15) is 46.2 Å². The van der Waals surface area contributed by atoms with Gasteiger partial charge in [-0.1, -0.05) is 66.9 Å². The van der Waals surface area contributed by atoms with Gasteiger partial charge >= 0.3 is 0 Å². The van der Waals surface area contributed by atoms with Crippen molar-refractivity contribution in [1.82, 2.24) is 9.88 Å². The first-order chi connectivity index (χ1) is 18.1. The summed E-state index contributed by atoms with van der Waals surface area (Å²) in [7, 11) is 0. The quantitative estimate of drug-likeness (QED) is 0.315. The van der Waals surface area contributed by atoms with E-state index in [0.29, 0.717) is 41.6 Å². The third-order valence-electron chi connectivity index (χ3n) is 6.15. The molecule has 1 saturated heterocycles. The number of likely N-dealkylation sites (tertiary alicyclic amines) is 1. The van der Waals surface area contributed by atoms with E-state index in [2.05, 4.69) is 23.7 Å². The van der Waals surface area contributed by atoms with Crippen LogP contribution in [0.15, 0.2) is 72.3 Å². The summed E-state index contributed by atoms with van der Waals surface area (Å²) in [4.78, 5) is 20.0. The average molecular weight is 510 g/mol. The number of nitrogen functional groups attached to an aromatic ring is 1. The summed E-state index contributed by atoms with van der Waals surface area (Å²) in [6.07, 6.45) is 4.71. The molecule has 2 N–H and O–H groups in total. The normalized spacial score (nSPS) is 13.7. The summed E-state index contributed by atoms with van der Waals surface area (Å²) in [6, 6.07) is 20.9. The van der Waals surface area contributed by atoms with Gasteiger partial charge < -0.3 is 15.4 Å². The summed E-state index contributed by atoms with van der Waals surface area (Å²) >= 11 is 1.20. The molecular weight excluding hydrogens is 482 g/mol. The van der Waals surface area contributed by atoms with Crippen LogP contribution < -0.4 is 10.5 Å². The zero-order valence-corrected chi connectivity index (χ0v) is 21.2. The highest BCUT2D eigenvalue weighted by atomic mass is 32.2. The fourth-order valence-corrected chi connectivity index (χ4v) is 5.51. The lowest BCUT2D eigenvalue weighted by Gasteiger charge is -2.30. The molecule has 0 radical (unpaired) electrons. The average Bonchev–Trinajstić information content (AvgIpc) is 2.95. The Hall–Kier alpha value is -4.27. The molecule has 1 amide bonds. The van der Waals surface area contributed by atoms with Crippen LogP contribution >= 0.6 is 11.8 Å². The van der Waals surface area contributed by atoms with Crippen molar-refractivity contribution in [3.05, 3.63) is 83.9 Å². The number of aromatic nitrogens is 1. The smallest absolute Gasteiger partial charge is 0.240 e. The Labute approximate surface area is 221 Å². The molecule has 1 aliphatic heterocycles. The maximum atomic E-state index is 13.7. The highest BCUT2D eigenvalue weighted by Crippen LogP contribution is 2.42. The van der Waals surface area contributed by atoms with Gasteiger partial charge in [0, 0.05) is 18.7 Å². The minimum Gasteiger partial charge on any atom is -0.490 e. The third-order valence-corrected chi connectivity index (χ3v) is 7.38. The van der Waals surface area contributed by atoms with E-state index in [1.807, 2.05) is 35.2 Å². The number of anilines is 1. The molecule has 0 bridgehead atoms. The van der Waals surface area contributed by atoms with Crippen LogP contribution in [0, 0.1) is 22.7 Å². The molecule has 0 spiro atoms. The Bertz CT molecular complexity index is 1350. The number of nitriles is 2. The van der Waals surface area contributed by atoms with Gasteiger partial charge in [0.05, 0.1) is 5.56 Å². The molecule has 37 heavy (non-hydrogen) atoms. The van der Waals surface area contributed by atoms with Crippen molar-refractivity contribution in [3.8, 4) is 29.0 Å². The van der Waals surface area contributed by atoms with Gasteiger partial charge in [-0.15, -0.1) is 0 Å². The predicted molar refractivity (Wildman–Crippen MR) is 145 cm³/mol. The van der Waals surface area contributed by atoms with Crippen molar-refractivity contribution >= 4 is 23.5 Å². The Morgan fingerprint density at radius 2 is 1.76 bits per heavy atom. The van der Waals surface area contributed by atoms with Gasteiger partial charge in [0.2, 0.25) is 5.91 Å². The lowest BCUT2D eigenvalue weighted by Crippen LogP contribution is -2.38. The van der Waals surface area contributed by atoms with E-state index in [-0.39, 0.29) is 22.9 Å². The van der Waals surface area contributed by atoms with Crippen molar-refractivity contribution in [2.24, 2.45) is 0 Å². The number of benzene rings is 2. The van der Waals surface area contributed by atoms with E-state index in [4.69, 9.17) is 10.5 Å². The molecule has 1 unspecified atom stereocenters. The molecule has 2 heterocycles. The van der Waals surface area contributed by atoms with Gasteiger partial charge in [-0.2, -0.15) is 10.5 Å². The van der Waals surface area contributed by atoms with Gasteiger partial charge in [-0.05, 0) is 42.5 Å². The highest BCUT2D eigenvalue weighted by Gasteiger charge is 2.31. The van der Waals surface area contributed by atoms with Gasteiger partial charge in [0.15, 0.2) is 0 Å². The van der Waals surface area contributed by atoms with E-state index >= 15 is 0 Å². The summed E-state index contributed by atoms with van der Waals surface area (Å²) in [5.74, 6) is 0.631. The third kappa shape index (κ3) is 5.77. The Kier molecular flexibility index (Phi) is 8.45. The fourth-order valence-electron chi connectivity index (χ4n) is 4.33. The van der Waals surface area contributed by atoms with Crippen LogP contribution in [0.4, 0.5) is 5.82 Å². The first kappa shape index (κ1) is 25.8. The number of carbonyl (C=O) groups is 1. The second kappa shape index (κ2) is 12.1. The number of piperidine rings is 1. The summed E-state index contributed by atoms with van der Waals surface area (Å²) in [5, 5.41) is 19.8. The summed E-state index contributed by atoms with van der Waals surface area (Å²) < 4.78 is 5.56. The molecule has 8 heteroatoms. The SMILES string of the molecule is C=CCOc1ccc(-c2c(C#N)c(N)nc(SC(C(=O)N3CCCCC3)c3ccccc3)c2C#N)cc1. The molecule has 0 aliphatic carbocycles. The van der Waals surface area contributed by atoms with Gasteiger partial charge in [-0.3, -0.25) is 4.79 Å². The van der Waals surface area contributed by atoms with E-state index in [1.54, 1.807) is 30.3 Å². The van der Waals surface area contributed by atoms with Crippen LogP contribution in [0.3, 0.4) is 0 Å². The maximum absolute atomic E-state index is 13.7. The minimum atomic E-state index is -0.603. The van der Waals surface area contributed by atoms with Crippen molar-refractivity contribution < 1.29 is 9.53 Å². The molecule has 186 valence electrons. The monoisotopic (exact) mass is 509 g/mol. The van der Waals surface area contributed by atoms with Crippen LogP contribution in [0.25, 0.3) is 11.1 Å². The van der Waals surface area contributed by atoms with E-state index in [9.17, 15) is 15.3 Å². The lowest BCUT2D eigenvalue weighted by atomic mass is 9.97. The molecule has 4 rings (SSSR count). The zero-order chi connectivity index (χ0) is 26.2. The number of pyridine rings is 1. The standard InChI is InChI=1S/C29H27N5O2S/c1-2-17-36-22-13-11-20(12-14-22)25-23(18-30)27(32)33-28(24(25)19-31)37-26(21-9-5-3-6-10-21)29(35)34-15-7-4-8-16-34/h2-3,5-6,9-14,26H,1,4,7-8,15-17H2,(H2,32,33). The number of amides is 1. The van der Waals surface area contributed by atoms with Crippen molar-refractivity contribution in [1.29, 1.82) is 10.5 Å². The van der Waals surface area contributed by atoms with Crippen LogP contribution in [-0.2, 0) is 4.79 Å². The summed E-state index contributed by atoms with van der Waals surface area (Å²) in [6.45, 7) is 5.43. The Morgan fingerprint density at radius 3 is 2.38 bits per heavy atom. The highest BCUT2D eigenvalue weighted by molar-refractivity contribution is 8.00. The van der Waals surface area contributed by atoms with Crippen molar-refractivity contribution in [2.45, 2.75) is 29.5 Å². The number of rotatable bonds is 8. The van der Waals surface area contributed by atoms with E-state index < -0.39 is 5.25 Å². The molecule has 0 saturated carbocycles. The van der Waals surface area contributed by atoms with Crippen LogP contribution in [-0.4, -0.2) is 35.5 Å². The molecule has 1 atom stereocenters. The maximum Gasteiger partial charge on any atom is 0.240 e. The van der Waals surface area contributed by atoms with Crippen LogP contribution in [0.1, 0.15) is 41.2 Å². The molecule has 3 aromatic rings. The first-order valence-electron chi connectivity index (χ1n) is 12.1. The summed E-state index contributed by atoms with van der Waals surface area (Å²) in [5.41, 5.74) is 8.42. The van der Waals surface area contributed by atoms with Crippen LogP contribution in [0.5, 0.6) is 5.75 Å². The second-order valence-corrected chi connectivity index (χ2v) is 9.66. The Balaban J connectivity index is 1.79. The molecule has 1 aliphatic rings. The fraction of sp³-hybridized carbons (Fsp3) is 0.241.